The number of alkyl halides is 3. The van der Waals surface area contributed by atoms with Gasteiger partial charge in [0, 0.05) is 0 Å². The van der Waals surface area contributed by atoms with Crippen molar-refractivity contribution in [2.45, 2.75) is 58.2 Å². The Morgan fingerprint density at radius 2 is 1.83 bits per heavy atom. The molecule has 0 aromatic rings. The molecule has 108 valence electrons. The monoisotopic (exact) mass is 269 g/mol. The van der Waals surface area contributed by atoms with Crippen LogP contribution in [0.15, 0.2) is 0 Å². The van der Waals surface area contributed by atoms with E-state index < -0.39 is 24.1 Å². The number of unbranched alkanes of at least 4 members (excludes halogenated alkanes) is 3. The fourth-order valence-electron chi connectivity index (χ4n) is 1.71. The summed E-state index contributed by atoms with van der Waals surface area (Å²) in [6.07, 6.45) is -1.16. The number of esters is 1. The van der Waals surface area contributed by atoms with E-state index in [0.29, 0.717) is 6.42 Å². The lowest BCUT2D eigenvalue weighted by Crippen LogP contribution is -2.47. The SMILES string of the molecule is CCCCCC[C@H](C(=O)OCC)[C@H](N)C(F)(F)F. The summed E-state index contributed by atoms with van der Waals surface area (Å²) < 4.78 is 42.3. The average Bonchev–Trinajstić information content (AvgIpc) is 2.27. The number of hydrogen-bond acceptors (Lipinski definition) is 3. The molecule has 18 heavy (non-hydrogen) atoms. The molecule has 0 bridgehead atoms. The summed E-state index contributed by atoms with van der Waals surface area (Å²) in [6, 6.07) is -2.14. The third-order valence-corrected chi connectivity index (χ3v) is 2.77. The van der Waals surface area contributed by atoms with E-state index in [1.54, 1.807) is 6.92 Å². The first-order chi connectivity index (χ1) is 8.34. The third-order valence-electron chi connectivity index (χ3n) is 2.77. The zero-order valence-electron chi connectivity index (χ0n) is 10.9. The Labute approximate surface area is 106 Å². The van der Waals surface area contributed by atoms with Gasteiger partial charge in [0.1, 0.15) is 6.04 Å². The van der Waals surface area contributed by atoms with Crippen LogP contribution in [0.1, 0.15) is 46.0 Å². The van der Waals surface area contributed by atoms with Gasteiger partial charge < -0.3 is 10.5 Å². The van der Waals surface area contributed by atoms with E-state index in [-0.39, 0.29) is 13.0 Å². The van der Waals surface area contributed by atoms with Crippen LogP contribution >= 0.6 is 0 Å². The van der Waals surface area contributed by atoms with E-state index in [9.17, 15) is 18.0 Å². The van der Waals surface area contributed by atoms with Gasteiger partial charge in [0.15, 0.2) is 0 Å². The van der Waals surface area contributed by atoms with Crippen molar-refractivity contribution in [1.82, 2.24) is 0 Å². The standard InChI is InChI=1S/C12H22F3NO2/c1-3-5-6-7-8-9(11(17)18-4-2)10(16)12(13,14)15/h9-10H,3-8,16H2,1-2H3/t9-,10-/m0/s1. The third kappa shape index (κ3) is 6.23. The second kappa shape index (κ2) is 8.34. The van der Waals surface area contributed by atoms with E-state index in [1.165, 1.54) is 0 Å². The molecular formula is C12H22F3NO2. The first-order valence-electron chi connectivity index (χ1n) is 6.33. The summed E-state index contributed by atoms with van der Waals surface area (Å²) in [4.78, 5) is 11.5. The number of hydrogen-bond donors (Lipinski definition) is 1. The fraction of sp³-hybridized carbons (Fsp3) is 0.917. The van der Waals surface area contributed by atoms with E-state index in [0.717, 1.165) is 19.3 Å². The molecule has 2 atom stereocenters. The zero-order chi connectivity index (χ0) is 14.2. The Morgan fingerprint density at radius 3 is 2.28 bits per heavy atom. The Kier molecular flexibility index (Phi) is 7.98. The second-order valence-corrected chi connectivity index (χ2v) is 4.28. The normalized spacial score (nSPS) is 15.2. The topological polar surface area (TPSA) is 52.3 Å². The summed E-state index contributed by atoms with van der Waals surface area (Å²) >= 11 is 0. The number of carbonyl (C=O) groups is 1. The summed E-state index contributed by atoms with van der Waals surface area (Å²) in [7, 11) is 0. The maximum atomic E-state index is 12.5. The van der Waals surface area contributed by atoms with Gasteiger partial charge in [-0.1, -0.05) is 32.6 Å². The van der Waals surface area contributed by atoms with Crippen molar-refractivity contribution in [3.8, 4) is 0 Å². The van der Waals surface area contributed by atoms with Crippen LogP contribution in [0, 0.1) is 5.92 Å². The van der Waals surface area contributed by atoms with Gasteiger partial charge >= 0.3 is 12.1 Å². The molecule has 0 aliphatic rings. The van der Waals surface area contributed by atoms with Crippen LogP contribution in [0.2, 0.25) is 0 Å². The molecule has 0 aromatic heterocycles. The fourth-order valence-corrected chi connectivity index (χ4v) is 1.71. The molecule has 6 heteroatoms. The molecular weight excluding hydrogens is 247 g/mol. The van der Waals surface area contributed by atoms with Gasteiger partial charge in [-0.25, -0.2) is 0 Å². The molecule has 0 rings (SSSR count). The Morgan fingerprint density at radius 1 is 1.22 bits per heavy atom. The van der Waals surface area contributed by atoms with Gasteiger partial charge in [-0.15, -0.1) is 0 Å². The number of nitrogens with two attached hydrogens (primary N) is 1. The van der Waals surface area contributed by atoms with Crippen LogP contribution in [0.25, 0.3) is 0 Å². The average molecular weight is 269 g/mol. The molecule has 0 spiro atoms. The zero-order valence-corrected chi connectivity index (χ0v) is 10.9. The highest BCUT2D eigenvalue weighted by molar-refractivity contribution is 5.73. The number of carbonyl (C=O) groups excluding carboxylic acids is 1. The highest BCUT2D eigenvalue weighted by Crippen LogP contribution is 2.28. The van der Waals surface area contributed by atoms with Gasteiger partial charge in [-0.05, 0) is 13.3 Å². The first-order valence-corrected chi connectivity index (χ1v) is 6.33. The molecule has 0 heterocycles. The molecule has 0 aliphatic heterocycles. The minimum atomic E-state index is -4.57. The largest absolute Gasteiger partial charge is 0.466 e. The maximum Gasteiger partial charge on any atom is 0.404 e. The Balaban J connectivity index is 4.47. The van der Waals surface area contributed by atoms with E-state index in [1.807, 2.05) is 6.92 Å². The minimum Gasteiger partial charge on any atom is -0.466 e. The van der Waals surface area contributed by atoms with Crippen molar-refractivity contribution in [2.75, 3.05) is 6.61 Å². The molecule has 0 aliphatic carbocycles. The Bertz CT molecular complexity index is 244. The maximum absolute atomic E-state index is 12.5. The Hall–Kier alpha value is -0.780. The lowest BCUT2D eigenvalue weighted by atomic mass is 9.93. The molecule has 3 nitrogen and oxygen atoms in total. The lowest BCUT2D eigenvalue weighted by molar-refractivity contribution is -0.176. The summed E-state index contributed by atoms with van der Waals surface area (Å²) in [5.74, 6) is -2.14. The molecule has 0 unspecified atom stereocenters. The number of halogens is 3. The van der Waals surface area contributed by atoms with Crippen LogP contribution in [0.3, 0.4) is 0 Å². The predicted octanol–water partition coefficient (Wildman–Crippen LogP) is 3.03. The molecule has 0 radical (unpaired) electrons. The molecule has 0 saturated carbocycles. The van der Waals surface area contributed by atoms with Crippen molar-refractivity contribution in [1.29, 1.82) is 0 Å². The van der Waals surface area contributed by atoms with E-state index in [2.05, 4.69) is 4.74 Å². The van der Waals surface area contributed by atoms with Crippen molar-refractivity contribution in [2.24, 2.45) is 11.7 Å². The van der Waals surface area contributed by atoms with Gasteiger partial charge in [0.05, 0.1) is 12.5 Å². The van der Waals surface area contributed by atoms with Crippen LogP contribution in [0.4, 0.5) is 13.2 Å². The minimum absolute atomic E-state index is 0.0644. The van der Waals surface area contributed by atoms with Crippen LogP contribution in [-0.4, -0.2) is 24.8 Å². The molecule has 0 saturated heterocycles. The van der Waals surface area contributed by atoms with Crippen molar-refractivity contribution < 1.29 is 22.7 Å². The van der Waals surface area contributed by atoms with Crippen LogP contribution in [0.5, 0.6) is 0 Å². The van der Waals surface area contributed by atoms with Crippen molar-refractivity contribution >= 4 is 5.97 Å². The number of rotatable bonds is 8. The smallest absolute Gasteiger partial charge is 0.404 e. The molecule has 0 fully saturated rings. The molecule has 0 aromatic carbocycles. The van der Waals surface area contributed by atoms with E-state index >= 15 is 0 Å². The summed E-state index contributed by atoms with van der Waals surface area (Å²) in [5.41, 5.74) is 5.12. The summed E-state index contributed by atoms with van der Waals surface area (Å²) in [6.45, 7) is 3.63. The number of ether oxygens (including phenoxy) is 1. The van der Waals surface area contributed by atoms with Crippen molar-refractivity contribution in [3.63, 3.8) is 0 Å². The van der Waals surface area contributed by atoms with Gasteiger partial charge in [-0.3, -0.25) is 4.79 Å². The van der Waals surface area contributed by atoms with Crippen molar-refractivity contribution in [3.05, 3.63) is 0 Å². The second-order valence-electron chi connectivity index (χ2n) is 4.28. The van der Waals surface area contributed by atoms with Gasteiger partial charge in [-0.2, -0.15) is 13.2 Å². The summed E-state index contributed by atoms with van der Waals surface area (Å²) in [5, 5.41) is 0. The van der Waals surface area contributed by atoms with E-state index in [4.69, 9.17) is 5.73 Å². The predicted molar refractivity (Wildman–Crippen MR) is 62.9 cm³/mol. The van der Waals surface area contributed by atoms with Crippen LogP contribution in [-0.2, 0) is 9.53 Å². The van der Waals surface area contributed by atoms with Gasteiger partial charge in [0.2, 0.25) is 0 Å². The highest BCUT2D eigenvalue weighted by Gasteiger charge is 2.45. The first kappa shape index (κ1) is 17.2. The van der Waals surface area contributed by atoms with Crippen LogP contribution < -0.4 is 5.73 Å². The highest BCUT2D eigenvalue weighted by atomic mass is 19.4. The molecule has 0 amide bonds. The quantitative estimate of drug-likeness (QED) is 0.544. The van der Waals surface area contributed by atoms with Gasteiger partial charge in [0.25, 0.3) is 0 Å². The molecule has 2 N–H and O–H groups in total. The lowest BCUT2D eigenvalue weighted by Gasteiger charge is -2.24.